The summed E-state index contributed by atoms with van der Waals surface area (Å²) >= 11 is 1.39. The number of carbonyl (C=O) groups is 2. The predicted molar refractivity (Wildman–Crippen MR) is 120 cm³/mol. The molecule has 1 saturated heterocycles. The van der Waals surface area contributed by atoms with Crippen molar-refractivity contribution in [3.05, 3.63) is 75.2 Å². The minimum Gasteiger partial charge on any atom is -0.293 e. The minimum atomic E-state index is -0.812. The molecule has 4 aromatic rings. The molecule has 0 radical (unpaired) electrons. The average molecular weight is 433 g/mol. The van der Waals surface area contributed by atoms with E-state index in [4.69, 9.17) is 0 Å². The maximum absolute atomic E-state index is 13.3. The molecule has 8 heteroatoms. The lowest BCUT2D eigenvalue weighted by atomic mass is 9.98. The second kappa shape index (κ2) is 7.02. The number of fused-ring (bicyclic) bond motifs is 1. The maximum atomic E-state index is 13.3. The van der Waals surface area contributed by atoms with Crippen LogP contribution in [0.15, 0.2) is 47.3 Å². The highest BCUT2D eigenvalue weighted by atomic mass is 32.1. The minimum absolute atomic E-state index is 0.0278. The first-order valence-corrected chi connectivity index (χ1v) is 10.8. The van der Waals surface area contributed by atoms with Crippen molar-refractivity contribution in [3.8, 4) is 5.13 Å². The fourth-order valence-electron chi connectivity index (χ4n) is 4.23. The zero-order valence-electron chi connectivity index (χ0n) is 17.3. The van der Waals surface area contributed by atoms with Gasteiger partial charge in [-0.3, -0.25) is 19.5 Å². The Balaban J connectivity index is 1.56. The lowest BCUT2D eigenvalue weighted by molar-refractivity contribution is -0.121. The van der Waals surface area contributed by atoms with Crippen LogP contribution in [-0.4, -0.2) is 26.6 Å². The molecule has 0 saturated carbocycles. The SMILES string of the molecule is Cc1ccc(N2C(=O)C[C@@H](c3c(C)[nH]n(-c4nc5ccccc5s4)c3=O)C2=O)c(C)c1. The fourth-order valence-corrected chi connectivity index (χ4v) is 5.15. The Morgan fingerprint density at radius 3 is 2.58 bits per heavy atom. The first kappa shape index (κ1) is 19.4. The van der Waals surface area contributed by atoms with Gasteiger partial charge < -0.3 is 0 Å². The van der Waals surface area contributed by atoms with Crippen molar-refractivity contribution >= 4 is 39.1 Å². The highest BCUT2D eigenvalue weighted by Crippen LogP contribution is 2.35. The van der Waals surface area contributed by atoms with E-state index in [2.05, 4.69) is 10.1 Å². The molecule has 31 heavy (non-hydrogen) atoms. The van der Waals surface area contributed by atoms with Gasteiger partial charge in [-0.05, 0) is 44.5 Å². The van der Waals surface area contributed by atoms with Crippen molar-refractivity contribution in [3.63, 3.8) is 0 Å². The van der Waals surface area contributed by atoms with Crippen LogP contribution >= 0.6 is 11.3 Å². The van der Waals surface area contributed by atoms with E-state index in [1.165, 1.54) is 20.9 Å². The number of amides is 2. The Kier molecular flexibility index (Phi) is 4.40. The van der Waals surface area contributed by atoms with E-state index in [-0.39, 0.29) is 23.8 Å². The number of H-pyrrole nitrogens is 1. The quantitative estimate of drug-likeness (QED) is 0.500. The summed E-state index contributed by atoms with van der Waals surface area (Å²) < 4.78 is 2.33. The molecular formula is C23H20N4O3S. The predicted octanol–water partition coefficient (Wildman–Crippen LogP) is 3.75. The van der Waals surface area contributed by atoms with Crippen molar-refractivity contribution < 1.29 is 9.59 Å². The summed E-state index contributed by atoms with van der Waals surface area (Å²) in [6.07, 6.45) is -0.0278. The fraction of sp³-hybridized carbons (Fsp3) is 0.217. The number of anilines is 1. The third-order valence-electron chi connectivity index (χ3n) is 5.68. The molecule has 2 aromatic heterocycles. The van der Waals surface area contributed by atoms with E-state index in [0.717, 1.165) is 21.3 Å². The molecule has 3 heterocycles. The number of imide groups is 1. The molecule has 0 unspecified atom stereocenters. The highest BCUT2D eigenvalue weighted by Gasteiger charge is 2.43. The van der Waals surface area contributed by atoms with Gasteiger partial charge >= 0.3 is 0 Å². The van der Waals surface area contributed by atoms with E-state index in [1.807, 2.05) is 50.2 Å². The van der Waals surface area contributed by atoms with Gasteiger partial charge in [-0.1, -0.05) is 41.2 Å². The number of nitrogens with zero attached hydrogens (tertiary/aromatic N) is 3. The number of hydrogen-bond donors (Lipinski definition) is 1. The third kappa shape index (κ3) is 3.02. The van der Waals surface area contributed by atoms with Crippen LogP contribution in [0.3, 0.4) is 0 Å². The Bertz CT molecular complexity index is 1400. The molecule has 1 N–H and O–H groups in total. The van der Waals surface area contributed by atoms with E-state index in [0.29, 0.717) is 22.1 Å². The van der Waals surface area contributed by atoms with Gasteiger partial charge in [-0.2, -0.15) is 4.68 Å². The monoisotopic (exact) mass is 432 g/mol. The second-order valence-corrected chi connectivity index (χ2v) is 8.88. The van der Waals surface area contributed by atoms with E-state index >= 15 is 0 Å². The molecule has 1 aliphatic heterocycles. The van der Waals surface area contributed by atoms with Crippen LogP contribution in [0.4, 0.5) is 5.69 Å². The van der Waals surface area contributed by atoms with Crippen LogP contribution in [0.2, 0.25) is 0 Å². The molecule has 0 spiro atoms. The van der Waals surface area contributed by atoms with Crippen LogP contribution in [0.5, 0.6) is 0 Å². The van der Waals surface area contributed by atoms with Crippen LogP contribution in [0.1, 0.15) is 34.7 Å². The number of aromatic nitrogens is 3. The molecular weight excluding hydrogens is 412 g/mol. The van der Waals surface area contributed by atoms with Gasteiger partial charge in [-0.25, -0.2) is 9.88 Å². The zero-order valence-corrected chi connectivity index (χ0v) is 18.1. The molecule has 2 amide bonds. The number of carbonyl (C=O) groups excluding carboxylic acids is 2. The lowest BCUT2D eigenvalue weighted by Gasteiger charge is -2.17. The van der Waals surface area contributed by atoms with Gasteiger partial charge in [-0.15, -0.1) is 0 Å². The maximum Gasteiger partial charge on any atom is 0.277 e. The molecule has 1 fully saturated rings. The van der Waals surface area contributed by atoms with Crippen LogP contribution in [0.25, 0.3) is 15.3 Å². The number of hydrogen-bond acceptors (Lipinski definition) is 5. The molecule has 5 rings (SSSR count). The average Bonchev–Trinajstić information content (AvgIpc) is 3.36. The largest absolute Gasteiger partial charge is 0.293 e. The Morgan fingerprint density at radius 1 is 1.06 bits per heavy atom. The standard InChI is InChI=1S/C23H20N4O3S/c1-12-8-9-17(13(2)10-12)26-19(28)11-15(21(26)29)20-14(3)25-27(22(20)30)23-24-16-6-4-5-7-18(16)31-23/h4-10,15,25H,11H2,1-3H3/t15-/m0/s1. The van der Waals surface area contributed by atoms with Crippen molar-refractivity contribution in [2.75, 3.05) is 4.90 Å². The van der Waals surface area contributed by atoms with Crippen LogP contribution < -0.4 is 10.5 Å². The topological polar surface area (TPSA) is 88.1 Å². The van der Waals surface area contributed by atoms with Gasteiger partial charge in [0.1, 0.15) is 0 Å². The Morgan fingerprint density at radius 2 is 1.84 bits per heavy atom. The molecule has 7 nitrogen and oxygen atoms in total. The number of nitrogens with one attached hydrogen (secondary N) is 1. The Hall–Kier alpha value is -3.52. The molecule has 2 aromatic carbocycles. The number of rotatable bonds is 3. The van der Waals surface area contributed by atoms with Gasteiger partial charge in [0.05, 0.1) is 27.4 Å². The van der Waals surface area contributed by atoms with Gasteiger partial charge in [0.15, 0.2) is 0 Å². The van der Waals surface area contributed by atoms with Crippen molar-refractivity contribution in [2.24, 2.45) is 0 Å². The number of para-hydroxylation sites is 1. The number of aryl methyl sites for hydroxylation is 3. The summed E-state index contributed by atoms with van der Waals surface area (Å²) in [5.41, 5.74) is 3.82. The van der Waals surface area contributed by atoms with Crippen LogP contribution in [-0.2, 0) is 9.59 Å². The summed E-state index contributed by atoms with van der Waals surface area (Å²) in [6.45, 7) is 5.58. The third-order valence-corrected chi connectivity index (χ3v) is 6.70. The highest BCUT2D eigenvalue weighted by molar-refractivity contribution is 7.20. The summed E-state index contributed by atoms with van der Waals surface area (Å²) in [5, 5.41) is 3.55. The lowest BCUT2D eigenvalue weighted by Crippen LogP contribution is -2.31. The van der Waals surface area contributed by atoms with Crippen LogP contribution in [0, 0.1) is 20.8 Å². The first-order chi connectivity index (χ1) is 14.8. The summed E-state index contributed by atoms with van der Waals surface area (Å²) in [5.74, 6) is -1.48. The number of aromatic amines is 1. The summed E-state index contributed by atoms with van der Waals surface area (Å²) in [6, 6.07) is 13.2. The van der Waals surface area contributed by atoms with Gasteiger partial charge in [0, 0.05) is 12.1 Å². The molecule has 156 valence electrons. The summed E-state index contributed by atoms with van der Waals surface area (Å²) in [7, 11) is 0. The van der Waals surface area contributed by atoms with E-state index in [9.17, 15) is 14.4 Å². The van der Waals surface area contributed by atoms with Crippen molar-refractivity contribution in [1.82, 2.24) is 14.8 Å². The van der Waals surface area contributed by atoms with E-state index in [1.54, 1.807) is 13.0 Å². The zero-order chi connectivity index (χ0) is 21.9. The smallest absolute Gasteiger partial charge is 0.277 e. The van der Waals surface area contributed by atoms with Crippen molar-refractivity contribution in [2.45, 2.75) is 33.1 Å². The molecule has 1 atom stereocenters. The Labute approximate surface area is 181 Å². The molecule has 1 aliphatic rings. The summed E-state index contributed by atoms with van der Waals surface area (Å²) in [4.78, 5) is 45.1. The van der Waals surface area contributed by atoms with E-state index < -0.39 is 5.92 Å². The normalized spacial score (nSPS) is 16.6. The second-order valence-electron chi connectivity index (χ2n) is 7.87. The molecule has 0 bridgehead atoms. The molecule has 0 aliphatic carbocycles. The first-order valence-electron chi connectivity index (χ1n) is 9.96. The number of thiazole rings is 1. The van der Waals surface area contributed by atoms with Gasteiger partial charge in [0.2, 0.25) is 16.9 Å². The van der Waals surface area contributed by atoms with Crippen molar-refractivity contribution in [1.29, 1.82) is 0 Å². The van der Waals surface area contributed by atoms with Gasteiger partial charge in [0.25, 0.3) is 5.56 Å². The number of benzene rings is 2.